The predicted molar refractivity (Wildman–Crippen MR) is 96.1 cm³/mol. The number of thioether (sulfide) groups is 1. The molecular formula is C17H17N5O2S. The normalized spacial score (nSPS) is 10.4. The van der Waals surface area contributed by atoms with Gasteiger partial charge in [0.2, 0.25) is 5.91 Å². The second kappa shape index (κ2) is 8.29. The Labute approximate surface area is 149 Å². The van der Waals surface area contributed by atoms with Crippen LogP contribution in [-0.4, -0.2) is 38.0 Å². The number of rotatable bonds is 7. The smallest absolute Gasteiger partial charge is 0.234 e. The zero-order valence-corrected chi connectivity index (χ0v) is 14.4. The van der Waals surface area contributed by atoms with Gasteiger partial charge in [-0.15, -0.1) is 10.2 Å². The summed E-state index contributed by atoms with van der Waals surface area (Å²) in [6.07, 6.45) is 5.02. The summed E-state index contributed by atoms with van der Waals surface area (Å²) >= 11 is 1.31. The zero-order chi connectivity index (χ0) is 17.5. The van der Waals surface area contributed by atoms with Gasteiger partial charge in [-0.2, -0.15) is 0 Å². The third-order valence-electron chi connectivity index (χ3n) is 3.22. The molecule has 0 bridgehead atoms. The lowest BCUT2D eigenvalue weighted by atomic mass is 10.3. The quantitative estimate of drug-likeness (QED) is 0.656. The van der Waals surface area contributed by atoms with Gasteiger partial charge >= 0.3 is 0 Å². The number of aromatic nitrogens is 4. The number of nitrogens with one attached hydrogen (secondary N) is 1. The fourth-order valence-corrected chi connectivity index (χ4v) is 2.85. The number of amides is 1. The summed E-state index contributed by atoms with van der Waals surface area (Å²) in [4.78, 5) is 16.2. The van der Waals surface area contributed by atoms with Crippen molar-refractivity contribution in [1.29, 1.82) is 0 Å². The Hall–Kier alpha value is -2.87. The third-order valence-corrected chi connectivity index (χ3v) is 4.17. The Morgan fingerprint density at radius 3 is 2.84 bits per heavy atom. The maximum Gasteiger partial charge on any atom is 0.234 e. The first kappa shape index (κ1) is 17.0. The lowest BCUT2D eigenvalue weighted by Gasteiger charge is -2.08. The molecule has 1 N–H and O–H groups in total. The SMILES string of the molecule is CCOc1ccc(NC(=O)CSc2nncn2-c2cccnc2)cc1. The van der Waals surface area contributed by atoms with Crippen LogP contribution in [0.25, 0.3) is 5.69 Å². The average Bonchev–Trinajstić information content (AvgIpc) is 3.11. The molecule has 8 heteroatoms. The van der Waals surface area contributed by atoms with Crippen LogP contribution in [0.4, 0.5) is 5.69 Å². The molecule has 128 valence electrons. The van der Waals surface area contributed by atoms with E-state index < -0.39 is 0 Å². The molecule has 2 heterocycles. The molecule has 1 aromatic carbocycles. The second-order valence-corrected chi connectivity index (χ2v) is 5.93. The number of ether oxygens (including phenoxy) is 1. The van der Waals surface area contributed by atoms with Crippen LogP contribution in [0.15, 0.2) is 60.3 Å². The molecule has 0 radical (unpaired) electrons. The standard InChI is InChI=1S/C17H17N5O2S/c1-2-24-15-7-5-13(6-8-15)20-16(23)11-25-17-21-19-12-22(17)14-4-3-9-18-10-14/h3-10,12H,2,11H2,1H3,(H,20,23). The van der Waals surface area contributed by atoms with Gasteiger partial charge < -0.3 is 10.1 Å². The van der Waals surface area contributed by atoms with E-state index in [-0.39, 0.29) is 11.7 Å². The molecule has 0 atom stereocenters. The van der Waals surface area contributed by atoms with Crippen LogP contribution in [0.1, 0.15) is 6.92 Å². The molecule has 7 nitrogen and oxygen atoms in total. The minimum absolute atomic E-state index is 0.116. The van der Waals surface area contributed by atoms with E-state index in [0.717, 1.165) is 17.1 Å². The van der Waals surface area contributed by atoms with E-state index in [4.69, 9.17) is 4.74 Å². The number of hydrogen-bond donors (Lipinski definition) is 1. The van der Waals surface area contributed by atoms with Crippen molar-refractivity contribution in [2.75, 3.05) is 17.7 Å². The molecule has 0 aliphatic carbocycles. The number of pyridine rings is 1. The Bertz CT molecular complexity index is 821. The van der Waals surface area contributed by atoms with Crippen molar-refractivity contribution >= 4 is 23.4 Å². The Morgan fingerprint density at radius 2 is 2.12 bits per heavy atom. The fraction of sp³-hybridized carbons (Fsp3) is 0.176. The van der Waals surface area contributed by atoms with E-state index in [1.54, 1.807) is 23.3 Å². The Kier molecular flexibility index (Phi) is 5.63. The van der Waals surface area contributed by atoms with Gasteiger partial charge in [0.25, 0.3) is 0 Å². The highest BCUT2D eigenvalue weighted by Crippen LogP contribution is 2.20. The molecule has 2 aromatic heterocycles. The van der Waals surface area contributed by atoms with Crippen LogP contribution >= 0.6 is 11.8 Å². The van der Waals surface area contributed by atoms with Crippen LogP contribution in [0, 0.1) is 0 Å². The summed E-state index contributed by atoms with van der Waals surface area (Å²) in [5.74, 6) is 0.890. The lowest BCUT2D eigenvalue weighted by molar-refractivity contribution is -0.113. The van der Waals surface area contributed by atoms with E-state index in [2.05, 4.69) is 20.5 Å². The molecule has 3 aromatic rings. The summed E-state index contributed by atoms with van der Waals surface area (Å²) in [7, 11) is 0. The molecule has 1 amide bonds. The third kappa shape index (κ3) is 4.57. The van der Waals surface area contributed by atoms with Gasteiger partial charge in [0, 0.05) is 11.9 Å². The number of benzene rings is 1. The largest absolute Gasteiger partial charge is 0.494 e. The summed E-state index contributed by atoms with van der Waals surface area (Å²) in [5.41, 5.74) is 1.57. The number of nitrogens with zero attached hydrogens (tertiary/aromatic N) is 4. The van der Waals surface area contributed by atoms with Crippen LogP contribution < -0.4 is 10.1 Å². The van der Waals surface area contributed by atoms with Crippen LogP contribution in [0.5, 0.6) is 5.75 Å². The highest BCUT2D eigenvalue weighted by molar-refractivity contribution is 7.99. The van der Waals surface area contributed by atoms with E-state index >= 15 is 0 Å². The number of carbonyl (C=O) groups excluding carboxylic acids is 1. The molecule has 0 aliphatic heterocycles. The topological polar surface area (TPSA) is 81.9 Å². The summed E-state index contributed by atoms with van der Waals surface area (Å²) in [5, 5.41) is 11.4. The van der Waals surface area contributed by atoms with Gasteiger partial charge in [-0.1, -0.05) is 11.8 Å². The maximum atomic E-state index is 12.1. The van der Waals surface area contributed by atoms with E-state index in [9.17, 15) is 4.79 Å². The molecule has 0 aliphatic rings. The van der Waals surface area contributed by atoms with Crippen LogP contribution in [-0.2, 0) is 4.79 Å². The molecule has 0 fully saturated rings. The number of hydrogen-bond acceptors (Lipinski definition) is 6. The van der Waals surface area contributed by atoms with Crippen molar-refractivity contribution in [1.82, 2.24) is 19.7 Å². The second-order valence-electron chi connectivity index (χ2n) is 4.99. The summed E-state index contributed by atoms with van der Waals surface area (Å²) in [6.45, 7) is 2.54. The summed E-state index contributed by atoms with van der Waals surface area (Å²) < 4.78 is 7.17. The van der Waals surface area contributed by atoms with Crippen molar-refractivity contribution in [3.63, 3.8) is 0 Å². The molecule has 3 rings (SSSR count). The van der Waals surface area contributed by atoms with Crippen LogP contribution in [0.2, 0.25) is 0 Å². The minimum Gasteiger partial charge on any atom is -0.494 e. The zero-order valence-electron chi connectivity index (χ0n) is 13.6. The van der Waals surface area contributed by atoms with Gasteiger partial charge in [-0.05, 0) is 43.3 Å². The number of anilines is 1. The first-order valence-corrected chi connectivity index (χ1v) is 8.70. The molecule has 0 saturated carbocycles. The maximum absolute atomic E-state index is 12.1. The molecule has 0 spiro atoms. The fourth-order valence-electron chi connectivity index (χ4n) is 2.12. The van der Waals surface area contributed by atoms with Gasteiger partial charge in [0.15, 0.2) is 5.16 Å². The Balaban J connectivity index is 1.57. The summed E-state index contributed by atoms with van der Waals surface area (Å²) in [6, 6.07) is 11.0. The molecule has 0 unspecified atom stereocenters. The first-order valence-electron chi connectivity index (χ1n) is 7.72. The predicted octanol–water partition coefficient (Wildman–Crippen LogP) is 2.79. The van der Waals surface area contributed by atoms with E-state index in [1.807, 2.05) is 43.3 Å². The lowest BCUT2D eigenvalue weighted by Crippen LogP contribution is -2.14. The van der Waals surface area contributed by atoms with Gasteiger partial charge in [0.05, 0.1) is 24.2 Å². The van der Waals surface area contributed by atoms with Gasteiger partial charge in [-0.3, -0.25) is 14.3 Å². The highest BCUT2D eigenvalue weighted by Gasteiger charge is 2.10. The first-order chi connectivity index (χ1) is 12.3. The highest BCUT2D eigenvalue weighted by atomic mass is 32.2. The van der Waals surface area contributed by atoms with E-state index in [1.165, 1.54) is 11.8 Å². The van der Waals surface area contributed by atoms with Crippen LogP contribution in [0.3, 0.4) is 0 Å². The van der Waals surface area contributed by atoms with E-state index in [0.29, 0.717) is 11.8 Å². The Morgan fingerprint density at radius 1 is 1.28 bits per heavy atom. The minimum atomic E-state index is -0.116. The monoisotopic (exact) mass is 355 g/mol. The number of carbonyl (C=O) groups is 1. The van der Waals surface area contributed by atoms with Gasteiger partial charge in [0.1, 0.15) is 12.1 Å². The average molecular weight is 355 g/mol. The molecule has 25 heavy (non-hydrogen) atoms. The van der Waals surface area contributed by atoms with Gasteiger partial charge in [-0.25, -0.2) is 0 Å². The van der Waals surface area contributed by atoms with Crippen molar-refractivity contribution in [3.8, 4) is 11.4 Å². The molecule has 0 saturated heterocycles. The van der Waals surface area contributed by atoms with Crippen molar-refractivity contribution in [2.45, 2.75) is 12.1 Å². The van der Waals surface area contributed by atoms with Crippen molar-refractivity contribution < 1.29 is 9.53 Å². The van der Waals surface area contributed by atoms with Crippen molar-refractivity contribution in [2.24, 2.45) is 0 Å². The van der Waals surface area contributed by atoms with Crippen molar-refractivity contribution in [3.05, 3.63) is 55.1 Å². The molecular weight excluding hydrogens is 338 g/mol.